The summed E-state index contributed by atoms with van der Waals surface area (Å²) in [6.45, 7) is 7.02. The second-order valence-electron chi connectivity index (χ2n) is 7.44. The van der Waals surface area contributed by atoms with Crippen LogP contribution in [0.4, 0.5) is 27.9 Å². The van der Waals surface area contributed by atoms with Crippen LogP contribution in [0.1, 0.15) is 12.5 Å². The van der Waals surface area contributed by atoms with Gasteiger partial charge in [0.2, 0.25) is 0 Å². The molecule has 1 aromatic carbocycles. The largest absolute Gasteiger partial charge is 0.492 e. The van der Waals surface area contributed by atoms with E-state index in [0.29, 0.717) is 50.0 Å². The Kier molecular flexibility index (Phi) is 6.64. The average molecular weight is 434 g/mol. The van der Waals surface area contributed by atoms with Crippen LogP contribution in [0.5, 0.6) is 5.75 Å². The van der Waals surface area contributed by atoms with Crippen LogP contribution in [0.25, 0.3) is 0 Å². The number of benzene rings is 1. The summed E-state index contributed by atoms with van der Waals surface area (Å²) < 4.78 is 5.59. The maximum Gasteiger partial charge on any atom is 0.322 e. The van der Waals surface area contributed by atoms with Crippen molar-refractivity contribution < 1.29 is 9.53 Å². The van der Waals surface area contributed by atoms with E-state index in [9.17, 15) is 4.79 Å². The summed E-state index contributed by atoms with van der Waals surface area (Å²) in [6, 6.07) is 13.1. The molecule has 0 radical (unpaired) electrons. The van der Waals surface area contributed by atoms with Crippen molar-refractivity contribution in [2.45, 2.75) is 13.8 Å². The second-order valence-corrected chi connectivity index (χ2v) is 7.44. The maximum atomic E-state index is 12.8. The molecule has 1 aliphatic heterocycles. The van der Waals surface area contributed by atoms with E-state index in [4.69, 9.17) is 4.74 Å². The SMILES string of the molecule is CCOc1ccccc1NC(=O)N1CCN(c2cc(Nc3cc(C)ccn3)ncn2)CC1. The van der Waals surface area contributed by atoms with E-state index in [1.165, 1.54) is 6.33 Å². The molecule has 2 aromatic heterocycles. The Balaban J connectivity index is 1.35. The minimum atomic E-state index is -0.132. The summed E-state index contributed by atoms with van der Waals surface area (Å²) >= 11 is 0. The molecular formula is C23H27N7O2. The number of amides is 2. The minimum Gasteiger partial charge on any atom is -0.492 e. The van der Waals surface area contributed by atoms with E-state index in [2.05, 4.69) is 30.5 Å². The number of carbonyl (C=O) groups excluding carboxylic acids is 1. The summed E-state index contributed by atoms with van der Waals surface area (Å²) in [5, 5.41) is 6.18. The number of aryl methyl sites for hydroxylation is 1. The average Bonchev–Trinajstić information content (AvgIpc) is 2.81. The summed E-state index contributed by atoms with van der Waals surface area (Å²) in [5.74, 6) is 2.91. The lowest BCUT2D eigenvalue weighted by Crippen LogP contribution is -2.50. The highest BCUT2D eigenvalue weighted by atomic mass is 16.5. The highest BCUT2D eigenvalue weighted by Crippen LogP contribution is 2.24. The molecule has 32 heavy (non-hydrogen) atoms. The molecule has 1 fully saturated rings. The van der Waals surface area contributed by atoms with Crippen molar-refractivity contribution in [1.29, 1.82) is 0 Å². The molecule has 9 heteroatoms. The molecule has 1 saturated heterocycles. The fraction of sp³-hybridized carbons (Fsp3) is 0.304. The van der Waals surface area contributed by atoms with Gasteiger partial charge in [0.1, 0.15) is 29.5 Å². The lowest BCUT2D eigenvalue weighted by molar-refractivity contribution is 0.208. The number of hydrogen-bond donors (Lipinski definition) is 2. The molecule has 9 nitrogen and oxygen atoms in total. The monoisotopic (exact) mass is 433 g/mol. The molecule has 0 atom stereocenters. The Hall–Kier alpha value is -3.88. The second kappa shape index (κ2) is 9.95. The minimum absolute atomic E-state index is 0.132. The van der Waals surface area contributed by atoms with Crippen LogP contribution in [0, 0.1) is 6.92 Å². The number of anilines is 4. The molecule has 2 N–H and O–H groups in total. The number of nitrogens with one attached hydrogen (secondary N) is 2. The predicted molar refractivity (Wildman–Crippen MR) is 125 cm³/mol. The normalized spacial score (nSPS) is 13.6. The van der Waals surface area contributed by atoms with Crippen molar-refractivity contribution >= 4 is 29.2 Å². The van der Waals surface area contributed by atoms with E-state index in [1.807, 2.05) is 56.3 Å². The molecule has 3 heterocycles. The van der Waals surface area contributed by atoms with Crippen molar-refractivity contribution in [2.24, 2.45) is 0 Å². The summed E-state index contributed by atoms with van der Waals surface area (Å²) in [4.78, 5) is 29.7. The van der Waals surface area contributed by atoms with Gasteiger partial charge < -0.3 is 25.2 Å². The smallest absolute Gasteiger partial charge is 0.322 e. The standard InChI is InChI=1S/C23H27N7O2/c1-3-32-19-7-5-4-6-18(19)27-23(31)30-12-10-29(11-13-30)22-15-21(25-16-26-22)28-20-14-17(2)8-9-24-20/h4-9,14-16H,3,10-13H2,1-2H3,(H,27,31)(H,24,25,26,28). The molecule has 4 rings (SSSR count). The third-order valence-corrected chi connectivity index (χ3v) is 5.14. The number of carbonyl (C=O) groups is 1. The molecule has 2 amide bonds. The molecular weight excluding hydrogens is 406 g/mol. The third kappa shape index (κ3) is 5.23. The Morgan fingerprint density at radius 1 is 1.03 bits per heavy atom. The van der Waals surface area contributed by atoms with Gasteiger partial charge >= 0.3 is 6.03 Å². The number of urea groups is 1. The fourth-order valence-electron chi connectivity index (χ4n) is 3.51. The fourth-order valence-corrected chi connectivity index (χ4v) is 3.51. The van der Waals surface area contributed by atoms with Crippen LogP contribution in [0.2, 0.25) is 0 Å². The van der Waals surface area contributed by atoms with Gasteiger partial charge in [-0.15, -0.1) is 0 Å². The zero-order valence-electron chi connectivity index (χ0n) is 18.3. The van der Waals surface area contributed by atoms with Gasteiger partial charge in [0.25, 0.3) is 0 Å². The van der Waals surface area contributed by atoms with Gasteiger partial charge in [-0.2, -0.15) is 0 Å². The predicted octanol–water partition coefficient (Wildman–Crippen LogP) is 3.68. The van der Waals surface area contributed by atoms with Crippen molar-refractivity contribution in [3.8, 4) is 5.75 Å². The molecule has 0 saturated carbocycles. The number of aromatic nitrogens is 3. The first-order chi connectivity index (χ1) is 15.6. The molecule has 0 spiro atoms. The van der Waals surface area contributed by atoms with Crippen molar-refractivity contribution in [3.05, 3.63) is 60.6 Å². The first-order valence-corrected chi connectivity index (χ1v) is 10.7. The number of rotatable bonds is 6. The first-order valence-electron chi connectivity index (χ1n) is 10.7. The zero-order valence-corrected chi connectivity index (χ0v) is 18.3. The topological polar surface area (TPSA) is 95.5 Å². The molecule has 166 valence electrons. The first kappa shape index (κ1) is 21.4. The Morgan fingerprint density at radius 3 is 2.59 bits per heavy atom. The van der Waals surface area contributed by atoms with Gasteiger partial charge in [-0.1, -0.05) is 12.1 Å². The number of hydrogen-bond acceptors (Lipinski definition) is 7. The number of piperazine rings is 1. The van der Waals surface area contributed by atoms with E-state index in [0.717, 1.165) is 17.2 Å². The Bertz CT molecular complexity index is 1070. The van der Waals surface area contributed by atoms with Gasteiger partial charge in [-0.3, -0.25) is 0 Å². The van der Waals surface area contributed by atoms with Gasteiger partial charge in [0, 0.05) is 38.4 Å². The highest BCUT2D eigenvalue weighted by Gasteiger charge is 2.23. The molecule has 0 unspecified atom stereocenters. The van der Waals surface area contributed by atoms with Crippen LogP contribution in [0.3, 0.4) is 0 Å². The van der Waals surface area contributed by atoms with Gasteiger partial charge in [0.05, 0.1) is 12.3 Å². The summed E-state index contributed by atoms with van der Waals surface area (Å²) in [7, 11) is 0. The molecule has 1 aliphatic rings. The van der Waals surface area contributed by atoms with Crippen molar-refractivity contribution in [1.82, 2.24) is 19.9 Å². The molecule has 0 aliphatic carbocycles. The Labute approximate surface area is 187 Å². The summed E-state index contributed by atoms with van der Waals surface area (Å²) in [5.41, 5.74) is 1.80. The van der Waals surface area contributed by atoms with Crippen LogP contribution in [0.15, 0.2) is 55.0 Å². The van der Waals surface area contributed by atoms with Crippen LogP contribution in [-0.4, -0.2) is 58.7 Å². The van der Waals surface area contributed by atoms with E-state index >= 15 is 0 Å². The Morgan fingerprint density at radius 2 is 1.81 bits per heavy atom. The van der Waals surface area contributed by atoms with Gasteiger partial charge in [-0.05, 0) is 43.7 Å². The van der Waals surface area contributed by atoms with Crippen molar-refractivity contribution in [3.63, 3.8) is 0 Å². The highest BCUT2D eigenvalue weighted by molar-refractivity contribution is 5.91. The quantitative estimate of drug-likeness (QED) is 0.612. The maximum absolute atomic E-state index is 12.8. The summed E-state index contributed by atoms with van der Waals surface area (Å²) in [6.07, 6.45) is 3.30. The van der Waals surface area contributed by atoms with E-state index < -0.39 is 0 Å². The van der Waals surface area contributed by atoms with Crippen molar-refractivity contribution in [2.75, 3.05) is 48.3 Å². The van der Waals surface area contributed by atoms with Gasteiger partial charge in [0.15, 0.2) is 0 Å². The number of para-hydroxylation sites is 2. The lowest BCUT2D eigenvalue weighted by atomic mass is 10.3. The number of nitrogens with zero attached hydrogens (tertiary/aromatic N) is 5. The number of ether oxygens (including phenoxy) is 1. The number of pyridine rings is 1. The molecule has 3 aromatic rings. The van der Waals surface area contributed by atoms with E-state index in [-0.39, 0.29) is 6.03 Å². The lowest BCUT2D eigenvalue weighted by Gasteiger charge is -2.35. The third-order valence-electron chi connectivity index (χ3n) is 5.14. The van der Waals surface area contributed by atoms with Crippen LogP contribution < -0.4 is 20.3 Å². The van der Waals surface area contributed by atoms with Crippen LogP contribution in [-0.2, 0) is 0 Å². The zero-order chi connectivity index (χ0) is 22.3. The van der Waals surface area contributed by atoms with E-state index in [1.54, 1.807) is 11.1 Å². The van der Waals surface area contributed by atoms with Gasteiger partial charge in [-0.25, -0.2) is 19.7 Å². The molecule has 0 bridgehead atoms. The van der Waals surface area contributed by atoms with Crippen LogP contribution >= 0.6 is 0 Å².